The Bertz CT molecular complexity index is 1320. The molecule has 1 fully saturated rings. The molecule has 0 bridgehead atoms. The predicted molar refractivity (Wildman–Crippen MR) is 125 cm³/mol. The van der Waals surface area contributed by atoms with Crippen molar-refractivity contribution in [2.24, 2.45) is 17.4 Å². The van der Waals surface area contributed by atoms with Crippen molar-refractivity contribution in [2.45, 2.75) is 56.3 Å². The topological polar surface area (TPSA) is 117 Å². The van der Waals surface area contributed by atoms with Gasteiger partial charge in [0, 0.05) is 23.3 Å². The molecule has 0 spiro atoms. The van der Waals surface area contributed by atoms with Crippen LogP contribution in [0, 0.1) is 5.92 Å². The lowest BCUT2D eigenvalue weighted by atomic mass is 9.65. The van der Waals surface area contributed by atoms with Gasteiger partial charge in [0.15, 0.2) is 5.82 Å². The molecule has 2 amide bonds. The minimum Gasteiger partial charge on any atom is -0.369 e. The van der Waals surface area contributed by atoms with E-state index in [4.69, 9.17) is 11.5 Å². The van der Waals surface area contributed by atoms with Crippen LogP contribution in [-0.2, 0) is 10.2 Å². The van der Waals surface area contributed by atoms with Crippen molar-refractivity contribution in [1.82, 2.24) is 14.8 Å². The van der Waals surface area contributed by atoms with Crippen LogP contribution in [0.5, 0.6) is 0 Å². The number of benzene rings is 1. The van der Waals surface area contributed by atoms with E-state index in [1.54, 1.807) is 35.0 Å². The number of nitrogens with zero attached hydrogens (tertiary/aromatic N) is 3. The lowest BCUT2D eigenvalue weighted by Crippen LogP contribution is -2.51. The van der Waals surface area contributed by atoms with Crippen LogP contribution in [0.15, 0.2) is 48.7 Å². The third-order valence-electron chi connectivity index (χ3n) is 7.79. The maximum Gasteiger partial charge on any atom is 0.267 e. The average Bonchev–Trinajstić information content (AvgIpc) is 3.38. The molecule has 0 aliphatic heterocycles. The van der Waals surface area contributed by atoms with Gasteiger partial charge in [-0.1, -0.05) is 44.2 Å². The largest absolute Gasteiger partial charge is 0.369 e. The Morgan fingerprint density at radius 2 is 1.83 bits per heavy atom. The number of aromatic nitrogens is 3. The van der Waals surface area contributed by atoms with Crippen molar-refractivity contribution in [1.29, 1.82) is 0 Å². The number of carbonyl (C=O) groups is 2. The molecule has 7 nitrogen and oxygen atoms in total. The number of nitrogens with two attached hydrogens (primary N) is 2. The van der Waals surface area contributed by atoms with Gasteiger partial charge in [0.25, 0.3) is 11.8 Å². The third-order valence-corrected chi connectivity index (χ3v) is 7.79. The fourth-order valence-corrected chi connectivity index (χ4v) is 6.03. The van der Waals surface area contributed by atoms with E-state index in [1.807, 2.05) is 18.3 Å². The van der Waals surface area contributed by atoms with E-state index in [-0.39, 0.29) is 17.0 Å². The highest BCUT2D eigenvalue weighted by Gasteiger charge is 2.59. The van der Waals surface area contributed by atoms with Gasteiger partial charge in [-0.2, -0.15) is 5.10 Å². The van der Waals surface area contributed by atoms with E-state index in [0.29, 0.717) is 11.4 Å². The molecule has 2 aromatic heterocycles. The minimum atomic E-state index is -2.94. The van der Waals surface area contributed by atoms with E-state index in [9.17, 15) is 18.4 Å². The summed E-state index contributed by atoms with van der Waals surface area (Å²) in [6.45, 7) is 4.22. The van der Waals surface area contributed by atoms with Crippen molar-refractivity contribution in [2.75, 3.05) is 0 Å². The first kappa shape index (κ1) is 23.1. The summed E-state index contributed by atoms with van der Waals surface area (Å²) in [5.41, 5.74) is 14.1. The molecular weight excluding hydrogens is 452 g/mol. The number of halogens is 2. The molecule has 182 valence electrons. The van der Waals surface area contributed by atoms with Gasteiger partial charge in [0.2, 0.25) is 5.91 Å². The molecule has 2 aliphatic carbocycles. The van der Waals surface area contributed by atoms with Crippen LogP contribution < -0.4 is 11.5 Å². The summed E-state index contributed by atoms with van der Waals surface area (Å²) in [5.74, 6) is -5.62. The van der Waals surface area contributed by atoms with Gasteiger partial charge in [-0.3, -0.25) is 9.59 Å². The summed E-state index contributed by atoms with van der Waals surface area (Å²) in [4.78, 5) is 27.6. The Labute approximate surface area is 201 Å². The number of hydrogen-bond acceptors (Lipinski definition) is 4. The highest BCUT2D eigenvalue weighted by molar-refractivity contribution is 5.90. The normalized spacial score (nSPS) is 26.7. The van der Waals surface area contributed by atoms with Gasteiger partial charge in [-0.05, 0) is 36.1 Å². The number of rotatable bonds is 6. The molecule has 4 N–H and O–H groups in total. The lowest BCUT2D eigenvalue weighted by Gasteiger charge is -2.43. The van der Waals surface area contributed by atoms with E-state index in [2.05, 4.69) is 23.9 Å². The van der Waals surface area contributed by atoms with E-state index in [1.165, 1.54) is 0 Å². The number of pyridine rings is 1. The second kappa shape index (κ2) is 7.96. The molecule has 4 atom stereocenters. The Morgan fingerprint density at radius 3 is 2.43 bits per heavy atom. The van der Waals surface area contributed by atoms with Crippen LogP contribution in [0.3, 0.4) is 0 Å². The first-order valence-electron chi connectivity index (χ1n) is 11.7. The fraction of sp³-hybridized carbons (Fsp3) is 0.385. The maximum absolute atomic E-state index is 14.3. The predicted octanol–water partition coefficient (Wildman–Crippen LogP) is 3.79. The Kier molecular flexibility index (Phi) is 5.27. The molecule has 5 rings (SSSR count). The highest BCUT2D eigenvalue weighted by Crippen LogP contribution is 2.55. The molecule has 35 heavy (non-hydrogen) atoms. The summed E-state index contributed by atoms with van der Waals surface area (Å²) in [7, 11) is 0. The van der Waals surface area contributed by atoms with Crippen molar-refractivity contribution in [3.63, 3.8) is 0 Å². The summed E-state index contributed by atoms with van der Waals surface area (Å²) in [5, 5.41) is 4.60. The number of alkyl halides is 2. The van der Waals surface area contributed by atoms with Gasteiger partial charge in [-0.15, -0.1) is 0 Å². The molecule has 2 heterocycles. The second-order valence-corrected chi connectivity index (χ2v) is 9.72. The number of primary amides is 2. The number of carbonyl (C=O) groups excluding carboxylic acids is 2. The molecule has 1 unspecified atom stereocenters. The molecule has 3 aromatic rings. The SMILES string of the molecule is CC[C@]1(c2ccc([C@@H]3[C@@H](C(N)=O)CC3(F)F)cc2)CC(C)c2c1cnn2-c1cccc(C(N)=O)n1. The zero-order valence-corrected chi connectivity index (χ0v) is 19.5. The van der Waals surface area contributed by atoms with Gasteiger partial charge in [0.05, 0.1) is 23.7 Å². The van der Waals surface area contributed by atoms with Crippen LogP contribution in [0.2, 0.25) is 0 Å². The van der Waals surface area contributed by atoms with E-state index in [0.717, 1.165) is 29.7 Å². The summed E-state index contributed by atoms with van der Waals surface area (Å²) in [6.07, 6.45) is 2.93. The van der Waals surface area contributed by atoms with Crippen LogP contribution in [0.4, 0.5) is 8.78 Å². The van der Waals surface area contributed by atoms with Crippen molar-refractivity contribution in [3.8, 4) is 5.82 Å². The molecule has 0 radical (unpaired) electrons. The zero-order valence-electron chi connectivity index (χ0n) is 19.5. The van der Waals surface area contributed by atoms with Gasteiger partial charge < -0.3 is 11.5 Å². The monoisotopic (exact) mass is 479 g/mol. The summed E-state index contributed by atoms with van der Waals surface area (Å²) >= 11 is 0. The van der Waals surface area contributed by atoms with Crippen LogP contribution in [-0.4, -0.2) is 32.5 Å². The fourth-order valence-electron chi connectivity index (χ4n) is 6.03. The number of fused-ring (bicyclic) bond motifs is 1. The maximum atomic E-state index is 14.3. The first-order valence-corrected chi connectivity index (χ1v) is 11.7. The Morgan fingerprint density at radius 1 is 1.11 bits per heavy atom. The van der Waals surface area contributed by atoms with Crippen molar-refractivity contribution in [3.05, 3.63) is 76.7 Å². The summed E-state index contributed by atoms with van der Waals surface area (Å²) in [6, 6.07) is 12.2. The Balaban J connectivity index is 1.53. The van der Waals surface area contributed by atoms with Gasteiger partial charge in [-0.25, -0.2) is 18.4 Å². The molecule has 0 saturated heterocycles. The second-order valence-electron chi connectivity index (χ2n) is 9.72. The first-order chi connectivity index (χ1) is 16.6. The molecule has 1 saturated carbocycles. The highest BCUT2D eigenvalue weighted by atomic mass is 19.3. The van der Waals surface area contributed by atoms with Crippen LogP contribution >= 0.6 is 0 Å². The smallest absolute Gasteiger partial charge is 0.267 e. The Hall–Kier alpha value is -3.62. The molecule has 2 aliphatic rings. The van der Waals surface area contributed by atoms with Gasteiger partial charge in [0.1, 0.15) is 5.69 Å². The number of hydrogen-bond donors (Lipinski definition) is 2. The summed E-state index contributed by atoms with van der Waals surface area (Å²) < 4.78 is 30.3. The average molecular weight is 480 g/mol. The van der Waals surface area contributed by atoms with Crippen molar-refractivity contribution < 1.29 is 18.4 Å². The zero-order chi connectivity index (χ0) is 25.1. The third kappa shape index (κ3) is 3.44. The van der Waals surface area contributed by atoms with Crippen molar-refractivity contribution >= 4 is 11.8 Å². The molecule has 1 aromatic carbocycles. The molecule has 9 heteroatoms. The van der Waals surface area contributed by atoms with Gasteiger partial charge >= 0.3 is 0 Å². The van der Waals surface area contributed by atoms with E-state index < -0.39 is 36.0 Å². The molecular formula is C26H27F2N5O2. The standard InChI is InChI=1S/C26H27F2N5O2/c1-3-25(16-9-7-15(8-10-16)21-17(23(29)34)12-26(21,27)28)11-14(2)22-18(25)13-31-33(22)20-6-4-5-19(32-20)24(30)35/h4-10,13-14,17,21H,3,11-12H2,1-2H3,(H2,29,34)(H2,30,35)/t14?,17-,21+,25+/m0/s1. The lowest BCUT2D eigenvalue weighted by molar-refractivity contribution is -0.158. The van der Waals surface area contributed by atoms with E-state index >= 15 is 0 Å². The minimum absolute atomic E-state index is 0.140. The van der Waals surface area contributed by atoms with Crippen LogP contribution in [0.25, 0.3) is 5.82 Å². The van der Waals surface area contributed by atoms with Crippen LogP contribution in [0.1, 0.15) is 77.8 Å². The quantitative estimate of drug-likeness (QED) is 0.559. The number of amides is 2.